The number of halogens is 1. The Morgan fingerprint density at radius 3 is 2.62 bits per heavy atom. The van der Waals surface area contributed by atoms with Crippen molar-refractivity contribution < 1.29 is 8.42 Å². The Bertz CT molecular complexity index is 524. The number of anilines is 2. The molecular weight excluding hydrogens is 292 g/mol. The van der Waals surface area contributed by atoms with Gasteiger partial charge in [-0.3, -0.25) is 4.72 Å². The lowest BCUT2D eigenvalue weighted by Crippen LogP contribution is -2.17. The third kappa shape index (κ3) is 2.32. The number of nitrogen functional groups attached to an aromatic ring is 1. The van der Waals surface area contributed by atoms with E-state index in [9.17, 15) is 8.42 Å². The Labute approximate surface area is 103 Å². The lowest BCUT2D eigenvalue weighted by atomic mass is 10.2. The fourth-order valence-electron chi connectivity index (χ4n) is 1.38. The number of nitrogens with two attached hydrogens (primary N) is 1. The molecule has 0 heterocycles. The minimum absolute atomic E-state index is 0.234. The maximum atomic E-state index is 11.7. The van der Waals surface area contributed by atoms with Crippen LogP contribution in [0.2, 0.25) is 0 Å². The number of hydrogen-bond donors (Lipinski definition) is 2. The van der Waals surface area contributed by atoms with Gasteiger partial charge < -0.3 is 5.73 Å². The molecule has 2 rings (SSSR count). The van der Waals surface area contributed by atoms with E-state index in [0.29, 0.717) is 15.8 Å². The summed E-state index contributed by atoms with van der Waals surface area (Å²) >= 11 is 3.32. The van der Waals surface area contributed by atoms with E-state index in [4.69, 9.17) is 5.73 Å². The highest BCUT2D eigenvalue weighted by Crippen LogP contribution is 2.33. The molecule has 1 aliphatic rings. The van der Waals surface area contributed by atoms with Crippen LogP contribution in [0.25, 0.3) is 0 Å². The highest BCUT2D eigenvalue weighted by Gasteiger charge is 2.36. The molecule has 0 saturated heterocycles. The molecule has 1 fully saturated rings. The third-order valence-electron chi connectivity index (χ3n) is 2.57. The molecule has 0 unspecified atom stereocenters. The van der Waals surface area contributed by atoms with Crippen molar-refractivity contribution in [2.24, 2.45) is 0 Å². The smallest absolute Gasteiger partial charge is 0.235 e. The van der Waals surface area contributed by atoms with Gasteiger partial charge in [0, 0.05) is 10.2 Å². The molecule has 0 spiro atoms. The van der Waals surface area contributed by atoms with Gasteiger partial charge in [-0.25, -0.2) is 8.42 Å². The first-order valence-electron chi connectivity index (χ1n) is 4.97. The normalized spacial score (nSPS) is 16.1. The van der Waals surface area contributed by atoms with Gasteiger partial charge in [0.25, 0.3) is 0 Å². The van der Waals surface area contributed by atoms with Gasteiger partial charge in [-0.2, -0.15) is 0 Å². The molecule has 4 nitrogen and oxygen atoms in total. The quantitative estimate of drug-likeness (QED) is 0.841. The number of sulfonamides is 1. The topological polar surface area (TPSA) is 72.2 Å². The number of benzene rings is 1. The first-order valence-corrected chi connectivity index (χ1v) is 7.31. The number of hydrogen-bond acceptors (Lipinski definition) is 3. The lowest BCUT2D eigenvalue weighted by molar-refractivity contribution is 0.600. The predicted molar refractivity (Wildman–Crippen MR) is 68.9 cm³/mol. The molecule has 1 aromatic carbocycles. The molecule has 3 N–H and O–H groups in total. The standard InChI is InChI=1S/C10H13BrN2O2S/c1-6-4-8(11)10(5-9(6)12)13-16(14,15)7-2-3-7/h4-5,7,13H,2-3,12H2,1H3. The van der Waals surface area contributed by atoms with E-state index in [-0.39, 0.29) is 5.25 Å². The molecule has 6 heteroatoms. The summed E-state index contributed by atoms with van der Waals surface area (Å²) in [5, 5.41) is -0.234. The second-order valence-electron chi connectivity index (χ2n) is 4.04. The Morgan fingerprint density at radius 1 is 1.44 bits per heavy atom. The predicted octanol–water partition coefficient (Wildman–Crippen LogP) is 2.24. The Kier molecular flexibility index (Phi) is 2.88. The number of nitrogens with one attached hydrogen (secondary N) is 1. The Balaban J connectivity index is 2.31. The summed E-state index contributed by atoms with van der Waals surface area (Å²) < 4.78 is 26.7. The summed E-state index contributed by atoms with van der Waals surface area (Å²) in [6, 6.07) is 3.44. The zero-order valence-electron chi connectivity index (χ0n) is 8.83. The number of aryl methyl sites for hydroxylation is 1. The molecule has 0 aromatic heterocycles. The van der Waals surface area contributed by atoms with E-state index in [2.05, 4.69) is 20.7 Å². The third-order valence-corrected chi connectivity index (χ3v) is 5.08. The van der Waals surface area contributed by atoms with Crippen LogP contribution in [0, 0.1) is 6.92 Å². The van der Waals surface area contributed by atoms with Crippen molar-refractivity contribution in [1.82, 2.24) is 0 Å². The summed E-state index contributed by atoms with van der Waals surface area (Å²) in [4.78, 5) is 0. The van der Waals surface area contributed by atoms with Crippen LogP contribution < -0.4 is 10.5 Å². The SMILES string of the molecule is Cc1cc(Br)c(NS(=O)(=O)C2CC2)cc1N. The van der Waals surface area contributed by atoms with E-state index < -0.39 is 10.0 Å². The van der Waals surface area contributed by atoms with Gasteiger partial charge in [0.05, 0.1) is 10.9 Å². The molecule has 88 valence electrons. The van der Waals surface area contributed by atoms with Crippen molar-refractivity contribution in [3.8, 4) is 0 Å². The highest BCUT2D eigenvalue weighted by atomic mass is 79.9. The van der Waals surface area contributed by atoms with Crippen LogP contribution in [-0.2, 0) is 10.0 Å². The zero-order valence-corrected chi connectivity index (χ0v) is 11.2. The van der Waals surface area contributed by atoms with Gasteiger partial charge in [-0.1, -0.05) is 0 Å². The molecule has 1 aromatic rings. The first kappa shape index (κ1) is 11.7. The van der Waals surface area contributed by atoms with Gasteiger partial charge in [0.15, 0.2) is 0 Å². The van der Waals surface area contributed by atoms with Gasteiger partial charge in [0.2, 0.25) is 10.0 Å². The van der Waals surface area contributed by atoms with Crippen LogP contribution >= 0.6 is 15.9 Å². The average Bonchev–Trinajstić information content (AvgIpc) is 2.96. The van der Waals surface area contributed by atoms with E-state index in [1.165, 1.54) is 0 Å². The van der Waals surface area contributed by atoms with Crippen LogP contribution in [0.4, 0.5) is 11.4 Å². The molecule has 16 heavy (non-hydrogen) atoms. The number of rotatable bonds is 3. The lowest BCUT2D eigenvalue weighted by Gasteiger charge is -2.11. The van der Waals surface area contributed by atoms with Crippen molar-refractivity contribution in [1.29, 1.82) is 0 Å². The Morgan fingerprint density at radius 2 is 2.06 bits per heavy atom. The average molecular weight is 305 g/mol. The van der Waals surface area contributed by atoms with Crippen molar-refractivity contribution in [2.45, 2.75) is 25.0 Å². The van der Waals surface area contributed by atoms with Gasteiger partial charge in [0.1, 0.15) is 0 Å². The molecule has 1 saturated carbocycles. The highest BCUT2D eigenvalue weighted by molar-refractivity contribution is 9.10. The summed E-state index contributed by atoms with van der Waals surface area (Å²) in [6.45, 7) is 1.87. The van der Waals surface area contributed by atoms with Crippen LogP contribution in [0.3, 0.4) is 0 Å². The fourth-order valence-corrected chi connectivity index (χ4v) is 3.47. The molecule has 0 bridgehead atoms. The van der Waals surface area contributed by atoms with Crippen molar-refractivity contribution in [3.05, 3.63) is 22.2 Å². The van der Waals surface area contributed by atoms with E-state index >= 15 is 0 Å². The molecule has 0 atom stereocenters. The van der Waals surface area contributed by atoms with Crippen LogP contribution in [-0.4, -0.2) is 13.7 Å². The largest absolute Gasteiger partial charge is 0.398 e. The van der Waals surface area contributed by atoms with Crippen molar-refractivity contribution in [2.75, 3.05) is 10.5 Å². The summed E-state index contributed by atoms with van der Waals surface area (Å²) in [7, 11) is -3.23. The Hall–Kier alpha value is -0.750. The van der Waals surface area contributed by atoms with Gasteiger partial charge in [-0.15, -0.1) is 0 Å². The van der Waals surface area contributed by atoms with Crippen LogP contribution in [0.5, 0.6) is 0 Å². The molecule has 1 aliphatic carbocycles. The minimum atomic E-state index is -3.23. The van der Waals surface area contributed by atoms with E-state index in [0.717, 1.165) is 18.4 Å². The molecule has 0 radical (unpaired) electrons. The first-order chi connectivity index (χ1) is 7.40. The van der Waals surface area contributed by atoms with Crippen molar-refractivity contribution in [3.63, 3.8) is 0 Å². The second kappa shape index (κ2) is 3.92. The van der Waals surface area contributed by atoms with Gasteiger partial charge >= 0.3 is 0 Å². The maximum absolute atomic E-state index is 11.7. The summed E-state index contributed by atoms with van der Waals surface area (Å²) in [5.41, 5.74) is 7.75. The van der Waals surface area contributed by atoms with Gasteiger partial charge in [-0.05, 0) is 53.4 Å². The maximum Gasteiger partial charge on any atom is 0.235 e. The zero-order chi connectivity index (χ0) is 11.9. The monoisotopic (exact) mass is 304 g/mol. The molecule has 0 amide bonds. The fraction of sp³-hybridized carbons (Fsp3) is 0.400. The second-order valence-corrected chi connectivity index (χ2v) is 6.85. The van der Waals surface area contributed by atoms with E-state index in [1.54, 1.807) is 12.1 Å². The van der Waals surface area contributed by atoms with Crippen molar-refractivity contribution >= 4 is 37.3 Å². The molecular formula is C10H13BrN2O2S. The van der Waals surface area contributed by atoms with Crippen LogP contribution in [0.1, 0.15) is 18.4 Å². The van der Waals surface area contributed by atoms with Crippen LogP contribution in [0.15, 0.2) is 16.6 Å². The molecule has 0 aliphatic heterocycles. The summed E-state index contributed by atoms with van der Waals surface area (Å²) in [5.74, 6) is 0. The summed E-state index contributed by atoms with van der Waals surface area (Å²) in [6.07, 6.45) is 1.49. The minimum Gasteiger partial charge on any atom is -0.398 e. The van der Waals surface area contributed by atoms with E-state index in [1.807, 2.05) is 6.92 Å².